The fourth-order valence-corrected chi connectivity index (χ4v) is 2.89. The molecule has 0 aliphatic carbocycles. The molecular formula is C15H10BrClFN. The molecule has 0 aliphatic rings. The minimum atomic E-state index is -0.211. The van der Waals surface area contributed by atoms with Gasteiger partial charge in [0.15, 0.2) is 0 Å². The summed E-state index contributed by atoms with van der Waals surface area (Å²) >= 11 is 9.58. The van der Waals surface area contributed by atoms with Gasteiger partial charge in [0.05, 0.1) is 17.1 Å². The maximum atomic E-state index is 13.8. The molecule has 3 aromatic rings. The summed E-state index contributed by atoms with van der Waals surface area (Å²) in [5.41, 5.74) is 1.57. The fourth-order valence-electron chi connectivity index (χ4n) is 2.19. The number of nitrogens with zero attached hydrogens (tertiary/aromatic N) is 1. The average Bonchev–Trinajstić information content (AvgIpc) is 2.79. The van der Waals surface area contributed by atoms with Crippen LogP contribution < -0.4 is 0 Å². The normalized spacial score (nSPS) is 11.1. The first kappa shape index (κ1) is 12.7. The zero-order chi connectivity index (χ0) is 13.4. The molecule has 2 aromatic carbocycles. The summed E-state index contributed by atoms with van der Waals surface area (Å²) in [5, 5.41) is 1.74. The van der Waals surface area contributed by atoms with Crippen molar-refractivity contribution in [3.8, 4) is 0 Å². The summed E-state index contributed by atoms with van der Waals surface area (Å²) < 4.78 is 16.6. The summed E-state index contributed by atoms with van der Waals surface area (Å²) in [7, 11) is 0. The number of halogens is 3. The van der Waals surface area contributed by atoms with Crippen LogP contribution in [0.1, 0.15) is 5.56 Å². The van der Waals surface area contributed by atoms with Crippen molar-refractivity contribution in [2.24, 2.45) is 0 Å². The lowest BCUT2D eigenvalue weighted by atomic mass is 10.2. The predicted octanol–water partition coefficient (Wildman–Crippen LogP) is 5.24. The van der Waals surface area contributed by atoms with Crippen molar-refractivity contribution in [2.45, 2.75) is 6.54 Å². The molecule has 0 fully saturated rings. The van der Waals surface area contributed by atoms with Crippen molar-refractivity contribution in [3.05, 3.63) is 69.5 Å². The fraction of sp³-hybridized carbons (Fsp3) is 0.0667. The number of hydrogen-bond acceptors (Lipinski definition) is 0. The first-order valence-electron chi connectivity index (χ1n) is 5.82. The lowest BCUT2D eigenvalue weighted by molar-refractivity contribution is 0.601. The second-order valence-electron chi connectivity index (χ2n) is 4.36. The Labute approximate surface area is 123 Å². The molecule has 0 spiro atoms. The number of para-hydroxylation sites is 1. The van der Waals surface area contributed by atoms with Crippen LogP contribution in [0.25, 0.3) is 10.9 Å². The Kier molecular flexibility index (Phi) is 3.33. The lowest BCUT2D eigenvalue weighted by Crippen LogP contribution is -2.00. The third-order valence-electron chi connectivity index (χ3n) is 3.09. The summed E-state index contributed by atoms with van der Waals surface area (Å²) in [4.78, 5) is 0. The van der Waals surface area contributed by atoms with Gasteiger partial charge in [-0.25, -0.2) is 4.39 Å². The van der Waals surface area contributed by atoms with Gasteiger partial charge in [-0.3, -0.25) is 0 Å². The van der Waals surface area contributed by atoms with Gasteiger partial charge in [0.2, 0.25) is 0 Å². The van der Waals surface area contributed by atoms with Crippen molar-refractivity contribution in [3.63, 3.8) is 0 Å². The molecular weight excluding hydrogens is 329 g/mol. The van der Waals surface area contributed by atoms with Crippen molar-refractivity contribution in [1.82, 2.24) is 4.57 Å². The van der Waals surface area contributed by atoms with Crippen LogP contribution in [-0.4, -0.2) is 4.57 Å². The van der Waals surface area contributed by atoms with Gasteiger partial charge < -0.3 is 4.57 Å². The Morgan fingerprint density at radius 3 is 2.84 bits per heavy atom. The Hall–Kier alpha value is -1.32. The third-order valence-corrected chi connectivity index (χ3v) is 3.89. The van der Waals surface area contributed by atoms with Gasteiger partial charge in [0.1, 0.15) is 5.82 Å². The number of benzene rings is 2. The highest BCUT2D eigenvalue weighted by atomic mass is 79.9. The molecule has 0 radical (unpaired) electrons. The highest BCUT2D eigenvalue weighted by Gasteiger charge is 2.08. The summed E-state index contributed by atoms with van der Waals surface area (Å²) in [6.45, 7) is 0.457. The number of rotatable bonds is 2. The van der Waals surface area contributed by atoms with E-state index >= 15 is 0 Å². The van der Waals surface area contributed by atoms with Gasteiger partial charge in [-0.15, -0.1) is 0 Å². The van der Waals surface area contributed by atoms with Crippen LogP contribution in [0.3, 0.4) is 0 Å². The van der Waals surface area contributed by atoms with Crippen LogP contribution >= 0.6 is 27.5 Å². The van der Waals surface area contributed by atoms with E-state index in [1.807, 2.05) is 35.0 Å². The molecule has 1 aromatic heterocycles. The van der Waals surface area contributed by atoms with Crippen molar-refractivity contribution >= 4 is 38.4 Å². The van der Waals surface area contributed by atoms with Crippen LogP contribution in [-0.2, 0) is 6.54 Å². The molecule has 0 saturated carbocycles. The molecule has 0 N–H and O–H groups in total. The van der Waals surface area contributed by atoms with Crippen LogP contribution in [0.2, 0.25) is 5.02 Å². The van der Waals surface area contributed by atoms with Gasteiger partial charge >= 0.3 is 0 Å². The first-order chi connectivity index (χ1) is 9.15. The molecule has 0 amide bonds. The third kappa shape index (κ3) is 2.40. The minimum Gasteiger partial charge on any atom is -0.342 e. The molecule has 0 aliphatic heterocycles. The van der Waals surface area contributed by atoms with Gasteiger partial charge in [-0.05, 0) is 30.3 Å². The quantitative estimate of drug-likeness (QED) is 0.602. The van der Waals surface area contributed by atoms with E-state index in [2.05, 4.69) is 15.9 Å². The Balaban J connectivity index is 2.08. The molecule has 0 saturated heterocycles. The van der Waals surface area contributed by atoms with E-state index in [0.29, 0.717) is 17.1 Å². The van der Waals surface area contributed by atoms with Gasteiger partial charge in [-0.2, -0.15) is 0 Å². The molecule has 96 valence electrons. The van der Waals surface area contributed by atoms with Crippen LogP contribution in [0.5, 0.6) is 0 Å². The maximum Gasteiger partial charge on any atom is 0.128 e. The van der Waals surface area contributed by atoms with Gasteiger partial charge in [-0.1, -0.05) is 39.7 Å². The monoisotopic (exact) mass is 337 g/mol. The summed E-state index contributed by atoms with van der Waals surface area (Å²) in [5.74, 6) is -0.211. The maximum absolute atomic E-state index is 13.8. The zero-order valence-corrected chi connectivity index (χ0v) is 12.2. The second kappa shape index (κ2) is 4.99. The van der Waals surface area contributed by atoms with Crippen LogP contribution in [0.15, 0.2) is 53.1 Å². The summed E-state index contributed by atoms with van der Waals surface area (Å²) in [6.07, 6.45) is 1.93. The first-order valence-corrected chi connectivity index (χ1v) is 6.99. The number of aromatic nitrogens is 1. The van der Waals surface area contributed by atoms with E-state index in [-0.39, 0.29) is 5.82 Å². The molecule has 1 nitrogen and oxygen atoms in total. The van der Waals surface area contributed by atoms with E-state index in [0.717, 1.165) is 15.4 Å². The summed E-state index contributed by atoms with van der Waals surface area (Å²) in [6, 6.07) is 12.7. The van der Waals surface area contributed by atoms with Crippen molar-refractivity contribution < 1.29 is 4.39 Å². The van der Waals surface area contributed by atoms with E-state index in [1.54, 1.807) is 12.1 Å². The molecule has 0 unspecified atom stereocenters. The molecule has 3 rings (SSSR count). The highest BCUT2D eigenvalue weighted by molar-refractivity contribution is 9.10. The smallest absolute Gasteiger partial charge is 0.128 e. The Morgan fingerprint density at radius 1 is 1.16 bits per heavy atom. The molecule has 4 heteroatoms. The SMILES string of the molecule is Fc1ccc(Br)cc1Cn1ccc2cccc(Cl)c21. The molecule has 0 atom stereocenters. The lowest BCUT2D eigenvalue weighted by Gasteiger charge is -2.08. The standard InChI is InChI=1S/C15H10BrClFN/c16-12-4-5-14(18)11(8-12)9-19-7-6-10-2-1-3-13(17)15(10)19/h1-8H,9H2. The largest absolute Gasteiger partial charge is 0.342 e. The number of fused-ring (bicyclic) bond motifs is 1. The minimum absolute atomic E-state index is 0.211. The van der Waals surface area contributed by atoms with Crippen molar-refractivity contribution in [2.75, 3.05) is 0 Å². The van der Waals surface area contributed by atoms with E-state index < -0.39 is 0 Å². The molecule has 1 heterocycles. The average molecular weight is 339 g/mol. The molecule has 19 heavy (non-hydrogen) atoms. The van der Waals surface area contributed by atoms with Crippen LogP contribution in [0.4, 0.5) is 4.39 Å². The topological polar surface area (TPSA) is 4.93 Å². The van der Waals surface area contributed by atoms with E-state index in [4.69, 9.17) is 11.6 Å². The Morgan fingerprint density at radius 2 is 2.00 bits per heavy atom. The van der Waals surface area contributed by atoms with E-state index in [9.17, 15) is 4.39 Å². The van der Waals surface area contributed by atoms with Crippen molar-refractivity contribution in [1.29, 1.82) is 0 Å². The number of hydrogen-bond donors (Lipinski definition) is 0. The zero-order valence-electron chi connectivity index (χ0n) is 9.91. The van der Waals surface area contributed by atoms with Gasteiger partial charge in [0.25, 0.3) is 0 Å². The van der Waals surface area contributed by atoms with E-state index in [1.165, 1.54) is 6.07 Å². The van der Waals surface area contributed by atoms with Crippen LogP contribution in [0, 0.1) is 5.82 Å². The second-order valence-corrected chi connectivity index (χ2v) is 5.68. The van der Waals surface area contributed by atoms with Gasteiger partial charge in [0, 0.05) is 21.6 Å². The highest BCUT2D eigenvalue weighted by Crippen LogP contribution is 2.26. The predicted molar refractivity (Wildman–Crippen MR) is 80.2 cm³/mol. The molecule has 0 bridgehead atoms. The Bertz CT molecular complexity index is 751.